The number of fused-ring (bicyclic) bond motifs is 2. The maximum atomic E-state index is 16.1. The first-order valence-electron chi connectivity index (χ1n) is 28.4. The van der Waals surface area contributed by atoms with E-state index < -0.39 is 55.8 Å². The van der Waals surface area contributed by atoms with Crippen LogP contribution in [0.4, 0.5) is 24.8 Å². The Morgan fingerprint density at radius 1 is 0.670 bits per heavy atom. The third kappa shape index (κ3) is 11.9. The normalized spacial score (nSPS) is 17.1. The van der Waals surface area contributed by atoms with Crippen molar-refractivity contribution in [2.45, 2.75) is 103 Å². The summed E-state index contributed by atoms with van der Waals surface area (Å²) in [5.74, 6) is -3.54. The van der Waals surface area contributed by atoms with Crippen molar-refractivity contribution in [1.82, 2.24) is 43.9 Å². The Hall–Kier alpha value is -9.09. The van der Waals surface area contributed by atoms with Crippen LogP contribution in [0.3, 0.4) is 0 Å². The molecule has 88 heavy (non-hydrogen) atoms. The molecule has 5 aromatic heterocycles. The quantitative estimate of drug-likeness (QED) is 0.112. The Kier molecular flexibility index (Phi) is 18.0. The molecular formula is C64H66ClF3N12O7S. The van der Waals surface area contributed by atoms with Gasteiger partial charge in [-0.3, -0.25) is 19.4 Å². The molecule has 3 amide bonds. The lowest BCUT2D eigenvalue weighted by atomic mass is 10.0. The van der Waals surface area contributed by atoms with Crippen molar-refractivity contribution in [2.75, 3.05) is 42.2 Å². The van der Waals surface area contributed by atoms with E-state index in [-0.39, 0.29) is 104 Å². The molecule has 2 fully saturated rings. The van der Waals surface area contributed by atoms with E-state index in [1.54, 1.807) is 65.4 Å². The minimum atomic E-state index is -3.53. The predicted molar refractivity (Wildman–Crippen MR) is 335 cm³/mol. The molecule has 10 rings (SSSR count). The molecule has 2 saturated heterocycles. The Balaban J connectivity index is 0.000000209. The summed E-state index contributed by atoms with van der Waals surface area (Å²) < 4.78 is 73.7. The standard InChI is InChI=1S/C32H33ClFN5O4S.C32H33F2N7O3/c1-7-28(40)37-16-20(5)38(17-19(37)4)30-24-15-25(33)29(22-10-8-9-11-26(22)34)35-31(24)39(32(41)36-30)27-13-12-21(44(6,42)43)14-23(27)18(2)3;1-7-24(42)39-14-19(6)40(15-18(39)5)30-21-13-23(34)27(25-20(29(35)43)9-8-10-22(25)33)37-31(21)41(32(44)38-30)28-17(4)11-12-36-26(28)16(2)3/h7-15,18-20H,1,16-17H2,2-6H3;7-13,16,18-19H,1,14-15H2,2-6H3,(H2,35,43). The predicted octanol–water partition coefficient (Wildman–Crippen LogP) is 9.64. The summed E-state index contributed by atoms with van der Waals surface area (Å²) >= 11 is 6.77. The van der Waals surface area contributed by atoms with Crippen molar-refractivity contribution >= 4 is 72.9 Å². The Morgan fingerprint density at radius 3 is 1.76 bits per heavy atom. The number of sulfone groups is 1. The van der Waals surface area contributed by atoms with Crippen molar-refractivity contribution in [1.29, 1.82) is 0 Å². The molecule has 0 aliphatic carbocycles. The van der Waals surface area contributed by atoms with Gasteiger partial charge in [-0.2, -0.15) is 9.97 Å². The summed E-state index contributed by atoms with van der Waals surface area (Å²) in [6.07, 6.45) is 5.29. The van der Waals surface area contributed by atoms with Crippen LogP contribution in [0.1, 0.15) is 94.4 Å². The van der Waals surface area contributed by atoms with Crippen LogP contribution in [0, 0.1) is 24.4 Å². The molecule has 24 heteroatoms. The van der Waals surface area contributed by atoms with Gasteiger partial charge in [0.05, 0.1) is 54.6 Å². The van der Waals surface area contributed by atoms with E-state index in [2.05, 4.69) is 33.1 Å². The summed E-state index contributed by atoms with van der Waals surface area (Å²) in [6, 6.07) is 17.8. The highest BCUT2D eigenvalue weighted by Crippen LogP contribution is 2.39. The van der Waals surface area contributed by atoms with E-state index in [0.29, 0.717) is 59.0 Å². The Labute approximate surface area is 511 Å². The van der Waals surface area contributed by atoms with Gasteiger partial charge in [0.1, 0.15) is 29.0 Å². The summed E-state index contributed by atoms with van der Waals surface area (Å²) in [6.45, 7) is 25.5. The molecule has 2 aliphatic rings. The van der Waals surface area contributed by atoms with Gasteiger partial charge in [0, 0.05) is 68.4 Å². The second-order valence-corrected chi connectivity index (χ2v) is 25.2. The first-order chi connectivity index (χ1) is 41.6. The molecule has 4 unspecified atom stereocenters. The molecule has 458 valence electrons. The van der Waals surface area contributed by atoms with E-state index in [0.717, 1.165) is 18.4 Å². The van der Waals surface area contributed by atoms with Gasteiger partial charge >= 0.3 is 11.4 Å². The number of pyridine rings is 3. The number of nitrogens with zero attached hydrogens (tertiary/aromatic N) is 11. The third-order valence-electron chi connectivity index (χ3n) is 15.9. The summed E-state index contributed by atoms with van der Waals surface area (Å²) in [4.78, 5) is 95.4. The van der Waals surface area contributed by atoms with Crippen molar-refractivity contribution in [3.05, 3.63) is 176 Å². The van der Waals surface area contributed by atoms with E-state index in [1.165, 1.54) is 45.6 Å². The summed E-state index contributed by atoms with van der Waals surface area (Å²) in [5.41, 5.74) is 6.18. The van der Waals surface area contributed by atoms with Gasteiger partial charge in [-0.1, -0.05) is 70.7 Å². The number of benzene rings is 3. The maximum absolute atomic E-state index is 16.1. The monoisotopic (exact) mass is 1240 g/mol. The molecular weight excluding hydrogens is 1170 g/mol. The van der Waals surface area contributed by atoms with Crippen LogP contribution in [0.5, 0.6) is 0 Å². The highest BCUT2D eigenvalue weighted by Gasteiger charge is 2.37. The zero-order valence-electron chi connectivity index (χ0n) is 50.2. The van der Waals surface area contributed by atoms with Crippen molar-refractivity contribution in [2.24, 2.45) is 5.73 Å². The van der Waals surface area contributed by atoms with Crippen molar-refractivity contribution in [3.63, 3.8) is 0 Å². The number of amides is 3. The zero-order valence-corrected chi connectivity index (χ0v) is 51.8. The molecule has 2 N–H and O–H groups in total. The maximum Gasteiger partial charge on any atom is 0.355 e. The fourth-order valence-corrected chi connectivity index (χ4v) is 12.4. The Morgan fingerprint density at radius 2 is 1.22 bits per heavy atom. The summed E-state index contributed by atoms with van der Waals surface area (Å²) in [7, 11) is -3.53. The minimum absolute atomic E-state index is 0.00229. The molecule has 8 aromatic rings. The highest BCUT2D eigenvalue weighted by molar-refractivity contribution is 7.90. The Bertz CT molecular complexity index is 4430. The van der Waals surface area contributed by atoms with E-state index in [9.17, 15) is 36.8 Å². The number of rotatable bonds is 12. The molecule has 0 spiro atoms. The SMILES string of the molecule is C=CC(=O)N1CC(C)N(c2nc(=O)n(-c3c(C)ccnc3C(C)C)c3nc(-c4c(F)cccc4C(N)=O)c(F)cc23)CC1C.C=CC(=O)N1CC(C)N(c2nc(=O)n(-c3ccc(S(C)(=O)=O)cc3C(C)C)c3nc(-c4ccccc4F)c(Cl)cc23)CC1C. The molecule has 19 nitrogen and oxygen atoms in total. The van der Waals surface area contributed by atoms with E-state index >= 15 is 8.78 Å². The fraction of sp³-hybridized carbons (Fsp3) is 0.312. The first kappa shape index (κ1) is 63.4. The molecule has 7 heterocycles. The van der Waals surface area contributed by atoms with Gasteiger partial charge in [-0.05, 0) is 130 Å². The van der Waals surface area contributed by atoms with Crippen molar-refractivity contribution < 1.29 is 36.0 Å². The number of carbonyl (C=O) groups is 3. The molecule has 3 aromatic carbocycles. The average Bonchev–Trinajstić information content (AvgIpc) is 0.808. The minimum Gasteiger partial charge on any atom is -0.366 e. The molecule has 4 atom stereocenters. The largest absolute Gasteiger partial charge is 0.366 e. The topological polar surface area (TPSA) is 233 Å². The van der Waals surface area contributed by atoms with Crippen molar-refractivity contribution in [3.8, 4) is 33.9 Å². The number of hydrogen-bond donors (Lipinski definition) is 1. The summed E-state index contributed by atoms with van der Waals surface area (Å²) in [5, 5.41) is 0.788. The number of hydrogen-bond acceptors (Lipinski definition) is 14. The van der Waals surface area contributed by atoms with Crippen LogP contribution < -0.4 is 26.9 Å². The van der Waals surface area contributed by atoms with Gasteiger partial charge < -0.3 is 25.3 Å². The molecule has 0 bridgehead atoms. The van der Waals surface area contributed by atoms with Gasteiger partial charge in [-0.25, -0.2) is 50.3 Å². The van der Waals surface area contributed by atoms with E-state index in [4.69, 9.17) is 22.3 Å². The number of primary amides is 1. The second kappa shape index (κ2) is 24.9. The number of halogens is 4. The van der Waals surface area contributed by atoms with Gasteiger partial charge in [-0.15, -0.1) is 0 Å². The lowest BCUT2D eigenvalue weighted by Gasteiger charge is -2.44. The lowest BCUT2D eigenvalue weighted by molar-refractivity contribution is -0.129. The van der Waals surface area contributed by atoms with Gasteiger partial charge in [0.25, 0.3) is 0 Å². The number of aryl methyl sites for hydroxylation is 1. The van der Waals surface area contributed by atoms with Gasteiger partial charge in [0.15, 0.2) is 26.9 Å². The highest BCUT2D eigenvalue weighted by atomic mass is 35.5. The fourth-order valence-electron chi connectivity index (χ4n) is 11.5. The number of anilines is 2. The average molecular weight is 1240 g/mol. The van der Waals surface area contributed by atoms with Crippen LogP contribution in [0.2, 0.25) is 5.02 Å². The third-order valence-corrected chi connectivity index (χ3v) is 17.3. The molecule has 0 saturated carbocycles. The van der Waals surface area contributed by atoms with Crippen LogP contribution >= 0.6 is 11.6 Å². The molecule has 2 aliphatic heterocycles. The number of piperazine rings is 2. The van der Waals surface area contributed by atoms with Crippen LogP contribution in [-0.2, 0) is 19.4 Å². The van der Waals surface area contributed by atoms with Crippen LogP contribution in [0.15, 0.2) is 125 Å². The number of carbonyl (C=O) groups excluding carboxylic acids is 3. The van der Waals surface area contributed by atoms with Crippen LogP contribution in [-0.4, -0.2) is 127 Å². The number of nitrogens with two attached hydrogens (primary N) is 1. The van der Waals surface area contributed by atoms with Crippen LogP contribution in [0.25, 0.3) is 56.0 Å². The first-order valence-corrected chi connectivity index (χ1v) is 30.6. The lowest BCUT2D eigenvalue weighted by Crippen LogP contribution is -2.58. The van der Waals surface area contributed by atoms with Gasteiger partial charge in [0.2, 0.25) is 17.7 Å². The van der Waals surface area contributed by atoms with E-state index in [1.807, 2.05) is 65.2 Å². The molecule has 0 radical (unpaired) electrons. The smallest absolute Gasteiger partial charge is 0.355 e. The second-order valence-electron chi connectivity index (χ2n) is 22.7. The zero-order chi connectivity index (χ0) is 64.1. The number of aromatic nitrogens is 7.